The van der Waals surface area contributed by atoms with E-state index in [2.05, 4.69) is 20.0 Å². The molecule has 3 heterocycles. The molecule has 138 valence electrons. The number of amides is 1. The summed E-state index contributed by atoms with van der Waals surface area (Å²) in [5, 5.41) is 4.07. The summed E-state index contributed by atoms with van der Waals surface area (Å²) in [6.45, 7) is 5.11. The number of likely N-dealkylation sites (tertiary alicyclic amines) is 1. The largest absolute Gasteiger partial charge is 0.339 e. The first-order valence-corrected chi connectivity index (χ1v) is 9.40. The fourth-order valence-corrected chi connectivity index (χ4v) is 3.64. The monoisotopic (exact) mass is 355 g/mol. The Bertz CT molecular complexity index is 743. The summed E-state index contributed by atoms with van der Waals surface area (Å²) in [7, 11) is 0. The number of carbonyl (C=O) groups is 1. The van der Waals surface area contributed by atoms with Gasteiger partial charge >= 0.3 is 0 Å². The third kappa shape index (κ3) is 4.09. The minimum absolute atomic E-state index is 0.117. The van der Waals surface area contributed by atoms with Gasteiger partial charge < -0.3 is 9.42 Å². The first-order valence-electron chi connectivity index (χ1n) is 9.40. The third-order valence-corrected chi connectivity index (χ3v) is 5.23. The second kappa shape index (κ2) is 7.53. The smallest absolute Gasteiger partial charge is 0.229 e. The van der Waals surface area contributed by atoms with Crippen molar-refractivity contribution in [2.75, 3.05) is 19.6 Å². The lowest BCUT2D eigenvalue weighted by Gasteiger charge is -2.28. The molecule has 1 saturated heterocycles. The maximum Gasteiger partial charge on any atom is 0.229 e. The van der Waals surface area contributed by atoms with Gasteiger partial charge in [-0.2, -0.15) is 4.98 Å². The van der Waals surface area contributed by atoms with Gasteiger partial charge in [-0.25, -0.2) is 0 Å². The van der Waals surface area contributed by atoms with E-state index in [0.29, 0.717) is 24.7 Å². The molecule has 2 fully saturated rings. The highest BCUT2D eigenvalue weighted by atomic mass is 16.5. The Kier molecular flexibility index (Phi) is 4.97. The number of nitrogens with zero attached hydrogens (tertiary/aromatic N) is 5. The zero-order chi connectivity index (χ0) is 17.9. The van der Waals surface area contributed by atoms with Crippen LogP contribution in [-0.4, -0.2) is 56.5 Å². The number of hydrogen-bond donors (Lipinski definition) is 0. The van der Waals surface area contributed by atoms with E-state index in [4.69, 9.17) is 4.52 Å². The predicted octanol–water partition coefficient (Wildman–Crippen LogP) is 2.01. The van der Waals surface area contributed by atoms with Gasteiger partial charge in [0.25, 0.3) is 0 Å². The minimum atomic E-state index is 0.117. The van der Waals surface area contributed by atoms with Crippen molar-refractivity contribution in [1.82, 2.24) is 24.9 Å². The lowest BCUT2D eigenvalue weighted by molar-refractivity contribution is -0.130. The van der Waals surface area contributed by atoms with E-state index >= 15 is 0 Å². The van der Waals surface area contributed by atoms with Crippen molar-refractivity contribution < 1.29 is 9.32 Å². The average Bonchev–Trinajstić information content (AvgIpc) is 3.21. The molecule has 1 saturated carbocycles. The van der Waals surface area contributed by atoms with Crippen LogP contribution >= 0.6 is 0 Å². The van der Waals surface area contributed by atoms with Gasteiger partial charge in [0.15, 0.2) is 5.82 Å². The molecule has 1 atom stereocenters. The van der Waals surface area contributed by atoms with Crippen LogP contribution in [-0.2, 0) is 17.8 Å². The lowest BCUT2D eigenvalue weighted by Crippen LogP contribution is -2.42. The zero-order valence-electron chi connectivity index (χ0n) is 15.2. The molecule has 0 N–H and O–H groups in total. The molecule has 0 bridgehead atoms. The molecule has 1 amide bonds. The van der Waals surface area contributed by atoms with Crippen LogP contribution in [0.3, 0.4) is 0 Å². The van der Waals surface area contributed by atoms with E-state index in [1.165, 1.54) is 5.56 Å². The van der Waals surface area contributed by atoms with Crippen LogP contribution in [0.1, 0.15) is 49.4 Å². The summed E-state index contributed by atoms with van der Waals surface area (Å²) in [6.07, 6.45) is 7.60. The van der Waals surface area contributed by atoms with Crippen molar-refractivity contribution in [1.29, 1.82) is 0 Å². The van der Waals surface area contributed by atoms with E-state index in [-0.39, 0.29) is 11.9 Å². The van der Waals surface area contributed by atoms with Gasteiger partial charge in [-0.1, -0.05) is 5.16 Å². The normalized spacial score (nSPS) is 20.4. The number of carbonyl (C=O) groups excluding carboxylic acids is 1. The highest BCUT2D eigenvalue weighted by molar-refractivity contribution is 5.73. The fraction of sp³-hybridized carbons (Fsp3) is 0.579. The van der Waals surface area contributed by atoms with Gasteiger partial charge in [-0.15, -0.1) is 0 Å². The molecule has 1 unspecified atom stereocenters. The third-order valence-electron chi connectivity index (χ3n) is 5.23. The molecule has 7 heteroatoms. The van der Waals surface area contributed by atoms with Gasteiger partial charge in [-0.05, 0) is 37.0 Å². The standard InChI is InChI=1S/C19H25N5O2/c1-14(25)24(11-7-18-21-19(26-22-18)16-2-3-16)17-6-10-23(13-17)12-15-4-8-20-9-5-15/h4-5,8-9,16-17H,2-3,6-7,10-13H2,1H3. The Morgan fingerprint density at radius 3 is 2.85 bits per heavy atom. The summed E-state index contributed by atoms with van der Waals surface area (Å²) < 4.78 is 5.31. The molecule has 0 radical (unpaired) electrons. The highest BCUT2D eigenvalue weighted by Gasteiger charge is 2.31. The van der Waals surface area contributed by atoms with Crippen molar-refractivity contribution in [3.63, 3.8) is 0 Å². The fourth-order valence-electron chi connectivity index (χ4n) is 3.64. The van der Waals surface area contributed by atoms with Gasteiger partial charge in [0.1, 0.15) is 0 Å². The van der Waals surface area contributed by atoms with Crippen LogP contribution in [0.4, 0.5) is 0 Å². The van der Waals surface area contributed by atoms with Gasteiger partial charge in [0.2, 0.25) is 11.8 Å². The molecule has 2 aliphatic rings. The number of hydrogen-bond acceptors (Lipinski definition) is 6. The van der Waals surface area contributed by atoms with Crippen LogP contribution in [0.25, 0.3) is 0 Å². The second-order valence-electron chi connectivity index (χ2n) is 7.32. The van der Waals surface area contributed by atoms with Gasteiger partial charge in [0, 0.05) is 63.9 Å². The van der Waals surface area contributed by atoms with Crippen LogP contribution in [0.5, 0.6) is 0 Å². The summed E-state index contributed by atoms with van der Waals surface area (Å²) in [6, 6.07) is 4.34. The van der Waals surface area contributed by atoms with Crippen LogP contribution in [0.15, 0.2) is 29.0 Å². The summed E-state index contributed by atoms with van der Waals surface area (Å²) in [5.41, 5.74) is 1.26. The Morgan fingerprint density at radius 1 is 1.31 bits per heavy atom. The van der Waals surface area contributed by atoms with Crippen LogP contribution in [0, 0.1) is 0 Å². The SMILES string of the molecule is CC(=O)N(CCc1noc(C2CC2)n1)C1CCN(Cc2ccncc2)C1. The van der Waals surface area contributed by atoms with Gasteiger partial charge in [0.05, 0.1) is 0 Å². The van der Waals surface area contributed by atoms with E-state index in [1.807, 2.05) is 29.4 Å². The predicted molar refractivity (Wildman–Crippen MR) is 95.3 cm³/mol. The van der Waals surface area contributed by atoms with E-state index < -0.39 is 0 Å². The van der Waals surface area contributed by atoms with Crippen molar-refractivity contribution in [2.45, 2.75) is 51.1 Å². The molecule has 0 aromatic carbocycles. The molecule has 1 aliphatic heterocycles. The minimum Gasteiger partial charge on any atom is -0.339 e. The average molecular weight is 355 g/mol. The van der Waals surface area contributed by atoms with Crippen molar-refractivity contribution in [3.8, 4) is 0 Å². The van der Waals surface area contributed by atoms with Gasteiger partial charge in [-0.3, -0.25) is 14.7 Å². The number of rotatable bonds is 7. The quantitative estimate of drug-likeness (QED) is 0.756. The molecule has 7 nitrogen and oxygen atoms in total. The summed E-state index contributed by atoms with van der Waals surface area (Å²) >= 11 is 0. The first-order chi connectivity index (χ1) is 12.7. The maximum atomic E-state index is 12.2. The molecule has 2 aromatic heterocycles. The molecule has 0 spiro atoms. The number of pyridine rings is 1. The Morgan fingerprint density at radius 2 is 2.12 bits per heavy atom. The molecule has 4 rings (SSSR count). The lowest BCUT2D eigenvalue weighted by atomic mass is 10.2. The first kappa shape index (κ1) is 17.1. The Balaban J connectivity index is 1.32. The molecule has 1 aliphatic carbocycles. The van der Waals surface area contributed by atoms with Crippen LogP contribution in [0.2, 0.25) is 0 Å². The molecule has 26 heavy (non-hydrogen) atoms. The molecular weight excluding hydrogens is 330 g/mol. The summed E-state index contributed by atoms with van der Waals surface area (Å²) in [5.74, 6) is 2.06. The van der Waals surface area contributed by atoms with Crippen molar-refractivity contribution >= 4 is 5.91 Å². The molecule has 2 aromatic rings. The van der Waals surface area contributed by atoms with E-state index in [0.717, 1.165) is 44.8 Å². The topological polar surface area (TPSA) is 75.4 Å². The maximum absolute atomic E-state index is 12.2. The number of aromatic nitrogens is 3. The zero-order valence-corrected chi connectivity index (χ0v) is 15.2. The Hall–Kier alpha value is -2.28. The second-order valence-corrected chi connectivity index (χ2v) is 7.32. The Labute approximate surface area is 153 Å². The summed E-state index contributed by atoms with van der Waals surface area (Å²) in [4.78, 5) is 25.1. The van der Waals surface area contributed by atoms with Crippen molar-refractivity contribution in [2.24, 2.45) is 0 Å². The van der Waals surface area contributed by atoms with E-state index in [1.54, 1.807) is 6.92 Å². The molecular formula is C19H25N5O2. The highest BCUT2D eigenvalue weighted by Crippen LogP contribution is 2.38. The van der Waals surface area contributed by atoms with E-state index in [9.17, 15) is 4.79 Å². The van der Waals surface area contributed by atoms with Crippen molar-refractivity contribution in [3.05, 3.63) is 41.8 Å². The van der Waals surface area contributed by atoms with Crippen LogP contribution < -0.4 is 0 Å².